The molecule has 0 bridgehead atoms. The summed E-state index contributed by atoms with van der Waals surface area (Å²) in [7, 11) is 0. The molecule has 5 rings (SSSR count). The summed E-state index contributed by atoms with van der Waals surface area (Å²) in [6.45, 7) is 4.60. The largest absolute Gasteiger partial charge is 0.490 e. The van der Waals surface area contributed by atoms with Gasteiger partial charge in [0.2, 0.25) is 0 Å². The Morgan fingerprint density at radius 1 is 1.08 bits per heavy atom. The summed E-state index contributed by atoms with van der Waals surface area (Å²) >= 11 is 0. The first-order valence-corrected chi connectivity index (χ1v) is 12.8. The smallest absolute Gasteiger partial charge is 0.335 e. The van der Waals surface area contributed by atoms with Gasteiger partial charge in [0.15, 0.2) is 23.1 Å². The predicted octanol–water partition coefficient (Wildman–Crippen LogP) is 4.40. The highest BCUT2D eigenvalue weighted by molar-refractivity contribution is 5.95. The number of pyridine rings is 1. The van der Waals surface area contributed by atoms with Gasteiger partial charge in [-0.15, -0.1) is 0 Å². The van der Waals surface area contributed by atoms with Crippen molar-refractivity contribution in [2.45, 2.75) is 32.9 Å². The second-order valence-electron chi connectivity index (χ2n) is 8.95. The molecule has 0 unspecified atom stereocenters. The molecule has 4 N–H and O–H groups in total. The van der Waals surface area contributed by atoms with Gasteiger partial charge in [0.25, 0.3) is 0 Å². The number of carboxylic acid groups (broad SMARTS) is 1. The summed E-state index contributed by atoms with van der Waals surface area (Å²) in [6, 6.07) is 16.7. The SMILES string of the molecule is CCn1c(-c2nonc2N)nc2c(-c3ccccc3)ncc(OCCCCNCc3ccc(C(=O)O)cc3)c21. The molecule has 0 saturated heterocycles. The van der Waals surface area contributed by atoms with Crippen LogP contribution in [0.4, 0.5) is 5.82 Å². The second kappa shape index (κ2) is 11.7. The number of carbonyl (C=O) groups is 1. The third-order valence-electron chi connectivity index (χ3n) is 6.36. The molecule has 3 aromatic heterocycles. The van der Waals surface area contributed by atoms with E-state index in [2.05, 4.69) is 15.6 Å². The first-order chi connectivity index (χ1) is 19.1. The molecule has 0 spiro atoms. The van der Waals surface area contributed by atoms with Crippen molar-refractivity contribution in [3.63, 3.8) is 0 Å². The first-order valence-electron chi connectivity index (χ1n) is 12.8. The van der Waals surface area contributed by atoms with Crippen LogP contribution in [0, 0.1) is 0 Å². The summed E-state index contributed by atoms with van der Waals surface area (Å²) in [5.41, 5.74) is 10.9. The molecule has 39 heavy (non-hydrogen) atoms. The van der Waals surface area contributed by atoms with Crippen LogP contribution in [0.3, 0.4) is 0 Å². The fourth-order valence-corrected chi connectivity index (χ4v) is 4.40. The Bertz CT molecular complexity index is 1560. The van der Waals surface area contributed by atoms with Gasteiger partial charge in [0.05, 0.1) is 24.1 Å². The number of fused-ring (bicyclic) bond motifs is 1. The zero-order valence-corrected chi connectivity index (χ0v) is 21.5. The number of hydrogen-bond donors (Lipinski definition) is 3. The molecule has 11 heteroatoms. The average Bonchev–Trinajstić information content (AvgIpc) is 3.56. The Morgan fingerprint density at radius 3 is 2.56 bits per heavy atom. The first kappa shape index (κ1) is 25.9. The monoisotopic (exact) mass is 527 g/mol. The van der Waals surface area contributed by atoms with E-state index < -0.39 is 5.97 Å². The van der Waals surface area contributed by atoms with Gasteiger partial charge in [-0.3, -0.25) is 0 Å². The Morgan fingerprint density at radius 2 is 1.87 bits per heavy atom. The van der Waals surface area contributed by atoms with Crippen molar-refractivity contribution in [1.29, 1.82) is 0 Å². The lowest BCUT2D eigenvalue weighted by atomic mass is 10.1. The number of imidazole rings is 1. The van der Waals surface area contributed by atoms with Crippen molar-refractivity contribution in [3.8, 4) is 28.5 Å². The molecule has 0 aliphatic carbocycles. The molecule has 3 heterocycles. The Kier molecular flexibility index (Phi) is 7.78. The third-order valence-corrected chi connectivity index (χ3v) is 6.36. The van der Waals surface area contributed by atoms with Gasteiger partial charge in [-0.1, -0.05) is 42.5 Å². The number of aromatic carboxylic acids is 1. The average molecular weight is 528 g/mol. The van der Waals surface area contributed by atoms with Gasteiger partial charge in [-0.25, -0.2) is 19.4 Å². The second-order valence-corrected chi connectivity index (χ2v) is 8.95. The van der Waals surface area contributed by atoms with E-state index in [4.69, 9.17) is 30.2 Å². The number of nitrogen functional groups attached to an aromatic ring is 1. The lowest BCUT2D eigenvalue weighted by molar-refractivity contribution is 0.0697. The highest BCUT2D eigenvalue weighted by Crippen LogP contribution is 2.36. The zero-order valence-electron chi connectivity index (χ0n) is 21.5. The van der Waals surface area contributed by atoms with Gasteiger partial charge in [0, 0.05) is 18.7 Å². The zero-order chi connectivity index (χ0) is 27.2. The number of rotatable bonds is 12. The minimum absolute atomic E-state index is 0.169. The Hall–Kier alpha value is -4.77. The van der Waals surface area contributed by atoms with E-state index in [1.54, 1.807) is 18.3 Å². The third kappa shape index (κ3) is 5.58. The Balaban J connectivity index is 1.28. The number of benzene rings is 2. The van der Waals surface area contributed by atoms with Crippen LogP contribution < -0.4 is 15.8 Å². The fraction of sp³-hybridized carbons (Fsp3) is 0.250. The number of unbranched alkanes of at least 4 members (excludes halogenated alkanes) is 1. The van der Waals surface area contributed by atoms with E-state index >= 15 is 0 Å². The van der Waals surface area contributed by atoms with Crippen LogP contribution in [0.15, 0.2) is 65.4 Å². The standard InChI is InChI=1S/C28H29N7O4/c1-2-35-25-21(38-15-7-6-14-30-16-18-10-12-20(13-11-18)28(36)37)17-31-22(19-8-4-3-5-9-19)23(25)32-27(35)24-26(29)34-39-33-24/h3-5,8-13,17,30H,2,6-7,14-16H2,1H3,(H2,29,34)(H,36,37). The molecule has 11 nitrogen and oxygen atoms in total. The number of nitrogens with two attached hydrogens (primary N) is 1. The van der Waals surface area contributed by atoms with Crippen LogP contribution in [-0.4, -0.2) is 49.1 Å². The van der Waals surface area contributed by atoms with E-state index in [1.807, 2.05) is 54.0 Å². The lowest BCUT2D eigenvalue weighted by Gasteiger charge is -2.12. The number of nitrogens with zero attached hydrogens (tertiary/aromatic N) is 5. The topological polar surface area (TPSA) is 154 Å². The van der Waals surface area contributed by atoms with E-state index in [0.717, 1.165) is 41.7 Å². The molecule has 5 aromatic rings. The molecule has 0 aliphatic rings. The van der Waals surface area contributed by atoms with Gasteiger partial charge in [-0.05, 0) is 54.3 Å². The summed E-state index contributed by atoms with van der Waals surface area (Å²) in [6.07, 6.45) is 3.48. The van der Waals surface area contributed by atoms with Gasteiger partial charge in [-0.2, -0.15) is 0 Å². The van der Waals surface area contributed by atoms with E-state index in [1.165, 1.54) is 0 Å². The van der Waals surface area contributed by atoms with Crippen molar-refractivity contribution >= 4 is 22.8 Å². The van der Waals surface area contributed by atoms with Crippen LogP contribution in [0.5, 0.6) is 5.75 Å². The number of carboxylic acids is 1. The maximum Gasteiger partial charge on any atom is 0.335 e. The number of aryl methyl sites for hydroxylation is 1. The van der Waals surface area contributed by atoms with Crippen molar-refractivity contribution in [2.24, 2.45) is 0 Å². The van der Waals surface area contributed by atoms with E-state index in [-0.39, 0.29) is 11.4 Å². The van der Waals surface area contributed by atoms with Gasteiger partial charge >= 0.3 is 5.97 Å². The maximum absolute atomic E-state index is 11.0. The Labute approximate surface area is 224 Å². The molecule has 0 amide bonds. The molecular weight excluding hydrogens is 498 g/mol. The van der Waals surface area contributed by atoms with Gasteiger partial charge in [0.1, 0.15) is 11.0 Å². The molecule has 0 fully saturated rings. The molecular formula is C28H29N7O4. The van der Waals surface area contributed by atoms with E-state index in [9.17, 15) is 4.79 Å². The van der Waals surface area contributed by atoms with Crippen LogP contribution in [0.1, 0.15) is 35.7 Å². The van der Waals surface area contributed by atoms with Crippen LogP contribution in [0.2, 0.25) is 0 Å². The quantitative estimate of drug-likeness (QED) is 0.199. The number of anilines is 1. The summed E-state index contributed by atoms with van der Waals surface area (Å²) in [5.74, 6) is 0.421. The summed E-state index contributed by atoms with van der Waals surface area (Å²) < 4.78 is 13.0. The highest BCUT2D eigenvalue weighted by atomic mass is 16.6. The molecule has 2 aromatic carbocycles. The van der Waals surface area contributed by atoms with Crippen LogP contribution in [-0.2, 0) is 13.1 Å². The normalized spacial score (nSPS) is 11.2. The molecule has 200 valence electrons. The van der Waals surface area contributed by atoms with Crippen molar-refractivity contribution in [3.05, 3.63) is 71.9 Å². The van der Waals surface area contributed by atoms with Crippen LogP contribution >= 0.6 is 0 Å². The number of aromatic nitrogens is 5. The van der Waals surface area contributed by atoms with Gasteiger partial charge < -0.3 is 25.5 Å². The number of nitrogens with one attached hydrogen (secondary N) is 1. The summed E-state index contributed by atoms with van der Waals surface area (Å²) in [5, 5.41) is 20.1. The fourth-order valence-electron chi connectivity index (χ4n) is 4.40. The molecule has 0 aliphatic heterocycles. The minimum Gasteiger partial charge on any atom is -0.490 e. The van der Waals surface area contributed by atoms with Crippen LogP contribution in [0.25, 0.3) is 33.8 Å². The lowest BCUT2D eigenvalue weighted by Crippen LogP contribution is -2.15. The van der Waals surface area contributed by atoms with Crippen molar-refractivity contribution in [2.75, 3.05) is 18.9 Å². The molecule has 0 atom stereocenters. The minimum atomic E-state index is -0.922. The summed E-state index contributed by atoms with van der Waals surface area (Å²) in [4.78, 5) is 20.6. The predicted molar refractivity (Wildman–Crippen MR) is 146 cm³/mol. The molecule has 0 radical (unpaired) electrons. The number of hydrogen-bond acceptors (Lipinski definition) is 9. The van der Waals surface area contributed by atoms with Crippen molar-refractivity contribution < 1.29 is 19.3 Å². The maximum atomic E-state index is 11.0. The number of ether oxygens (including phenoxy) is 1. The van der Waals surface area contributed by atoms with E-state index in [0.29, 0.717) is 42.5 Å². The highest BCUT2D eigenvalue weighted by Gasteiger charge is 2.24. The van der Waals surface area contributed by atoms with Crippen molar-refractivity contribution in [1.82, 2.24) is 30.2 Å². The molecule has 0 saturated carbocycles.